The standard InChI is InChI=1S/C17H20BrFN2/c1-20-17(13-5-3-6-14(18)11-13)9-10-21(2)16-8-4-7-15(19)12-16/h3-8,11-12,17,20H,9-10H2,1-2H3. The summed E-state index contributed by atoms with van der Waals surface area (Å²) >= 11 is 3.50. The van der Waals surface area contributed by atoms with Gasteiger partial charge in [-0.3, -0.25) is 0 Å². The fraction of sp³-hybridized carbons (Fsp3) is 0.294. The SMILES string of the molecule is CNC(CCN(C)c1cccc(F)c1)c1cccc(Br)c1. The second kappa shape index (κ2) is 7.57. The van der Waals surface area contributed by atoms with E-state index in [1.54, 1.807) is 12.1 Å². The van der Waals surface area contributed by atoms with Gasteiger partial charge in [0.15, 0.2) is 0 Å². The van der Waals surface area contributed by atoms with E-state index in [1.807, 2.05) is 32.3 Å². The number of hydrogen-bond acceptors (Lipinski definition) is 2. The van der Waals surface area contributed by atoms with E-state index in [-0.39, 0.29) is 11.9 Å². The molecule has 0 aliphatic rings. The lowest BCUT2D eigenvalue weighted by Gasteiger charge is -2.23. The lowest BCUT2D eigenvalue weighted by Crippen LogP contribution is -2.25. The third kappa shape index (κ3) is 4.55. The van der Waals surface area contributed by atoms with E-state index in [4.69, 9.17) is 0 Å². The van der Waals surface area contributed by atoms with Gasteiger partial charge in [0.05, 0.1) is 0 Å². The van der Waals surface area contributed by atoms with Gasteiger partial charge in [-0.2, -0.15) is 0 Å². The van der Waals surface area contributed by atoms with Gasteiger partial charge in [-0.05, 0) is 49.4 Å². The van der Waals surface area contributed by atoms with Crippen LogP contribution in [0.25, 0.3) is 0 Å². The summed E-state index contributed by atoms with van der Waals surface area (Å²) in [6, 6.07) is 15.3. The first-order chi connectivity index (χ1) is 10.1. The zero-order chi connectivity index (χ0) is 15.2. The number of nitrogens with zero attached hydrogens (tertiary/aromatic N) is 1. The summed E-state index contributed by atoms with van der Waals surface area (Å²) in [5.74, 6) is -0.198. The summed E-state index contributed by atoms with van der Waals surface area (Å²) in [5, 5.41) is 3.34. The molecule has 2 aromatic carbocycles. The van der Waals surface area contributed by atoms with Gasteiger partial charge in [0.1, 0.15) is 5.82 Å². The zero-order valence-corrected chi connectivity index (χ0v) is 13.9. The Morgan fingerprint density at radius 2 is 1.95 bits per heavy atom. The van der Waals surface area contributed by atoms with E-state index in [9.17, 15) is 4.39 Å². The lowest BCUT2D eigenvalue weighted by molar-refractivity contribution is 0.548. The Morgan fingerprint density at radius 1 is 1.19 bits per heavy atom. The third-order valence-corrected chi connectivity index (χ3v) is 4.09. The molecular formula is C17H20BrFN2. The predicted octanol–water partition coefficient (Wildman–Crippen LogP) is 4.38. The largest absolute Gasteiger partial charge is 0.374 e. The quantitative estimate of drug-likeness (QED) is 0.831. The maximum absolute atomic E-state index is 13.3. The van der Waals surface area contributed by atoms with Gasteiger partial charge in [-0.1, -0.05) is 34.1 Å². The van der Waals surface area contributed by atoms with Crippen molar-refractivity contribution in [2.75, 3.05) is 25.5 Å². The van der Waals surface area contributed by atoms with Crippen LogP contribution in [0.3, 0.4) is 0 Å². The van der Waals surface area contributed by atoms with E-state index < -0.39 is 0 Å². The van der Waals surface area contributed by atoms with E-state index in [1.165, 1.54) is 11.6 Å². The summed E-state index contributed by atoms with van der Waals surface area (Å²) < 4.78 is 14.3. The maximum atomic E-state index is 13.3. The highest BCUT2D eigenvalue weighted by molar-refractivity contribution is 9.10. The van der Waals surface area contributed by atoms with Crippen molar-refractivity contribution in [1.29, 1.82) is 0 Å². The Hall–Kier alpha value is -1.39. The Balaban J connectivity index is 2.00. The van der Waals surface area contributed by atoms with Crippen molar-refractivity contribution < 1.29 is 4.39 Å². The molecule has 0 aliphatic heterocycles. The van der Waals surface area contributed by atoms with Gasteiger partial charge in [0.25, 0.3) is 0 Å². The number of halogens is 2. The van der Waals surface area contributed by atoms with Crippen molar-refractivity contribution in [3.8, 4) is 0 Å². The highest BCUT2D eigenvalue weighted by Gasteiger charge is 2.11. The molecule has 2 rings (SSSR count). The average Bonchev–Trinajstić information content (AvgIpc) is 2.48. The highest BCUT2D eigenvalue weighted by Crippen LogP contribution is 2.22. The minimum Gasteiger partial charge on any atom is -0.374 e. The molecule has 1 unspecified atom stereocenters. The van der Waals surface area contributed by atoms with Gasteiger partial charge in [0.2, 0.25) is 0 Å². The van der Waals surface area contributed by atoms with Crippen LogP contribution in [0, 0.1) is 5.82 Å². The monoisotopic (exact) mass is 350 g/mol. The Labute approximate surface area is 134 Å². The van der Waals surface area contributed by atoms with E-state index in [0.717, 1.165) is 23.1 Å². The van der Waals surface area contributed by atoms with Crippen LogP contribution in [0.5, 0.6) is 0 Å². The maximum Gasteiger partial charge on any atom is 0.125 e. The fourth-order valence-corrected chi connectivity index (χ4v) is 2.78. The number of rotatable bonds is 6. The molecule has 0 aliphatic carbocycles. The lowest BCUT2D eigenvalue weighted by atomic mass is 10.0. The van der Waals surface area contributed by atoms with Crippen molar-refractivity contribution in [3.05, 3.63) is 64.4 Å². The molecule has 0 aromatic heterocycles. The minimum atomic E-state index is -0.198. The molecule has 0 spiro atoms. The number of anilines is 1. The molecule has 21 heavy (non-hydrogen) atoms. The average molecular weight is 351 g/mol. The molecule has 0 amide bonds. The van der Waals surface area contributed by atoms with Gasteiger partial charge >= 0.3 is 0 Å². The number of hydrogen-bond donors (Lipinski definition) is 1. The molecule has 0 radical (unpaired) electrons. The van der Waals surface area contributed by atoms with Crippen molar-refractivity contribution in [2.45, 2.75) is 12.5 Å². The molecule has 0 bridgehead atoms. The van der Waals surface area contributed by atoms with Crippen molar-refractivity contribution in [3.63, 3.8) is 0 Å². The topological polar surface area (TPSA) is 15.3 Å². The molecule has 1 N–H and O–H groups in total. The van der Waals surface area contributed by atoms with Gasteiger partial charge in [0, 0.05) is 29.8 Å². The van der Waals surface area contributed by atoms with E-state index >= 15 is 0 Å². The van der Waals surface area contributed by atoms with Crippen LogP contribution in [0.2, 0.25) is 0 Å². The second-order valence-corrected chi connectivity index (χ2v) is 6.00. The normalized spacial score (nSPS) is 12.2. The summed E-state index contributed by atoms with van der Waals surface area (Å²) in [6.07, 6.45) is 0.944. The molecule has 4 heteroatoms. The molecule has 0 heterocycles. The highest BCUT2D eigenvalue weighted by atomic mass is 79.9. The molecule has 112 valence electrons. The van der Waals surface area contributed by atoms with Crippen LogP contribution in [0.15, 0.2) is 53.0 Å². The molecule has 2 aromatic rings. The molecule has 0 fully saturated rings. The molecule has 1 atom stereocenters. The van der Waals surface area contributed by atoms with Crippen molar-refractivity contribution in [1.82, 2.24) is 5.32 Å². The Kier molecular flexibility index (Phi) is 5.76. The first-order valence-electron chi connectivity index (χ1n) is 6.99. The smallest absolute Gasteiger partial charge is 0.125 e. The Morgan fingerprint density at radius 3 is 2.62 bits per heavy atom. The molecule has 0 saturated carbocycles. The summed E-state index contributed by atoms with van der Waals surface area (Å²) in [5.41, 5.74) is 2.15. The number of nitrogens with one attached hydrogen (secondary N) is 1. The van der Waals surface area contributed by atoms with Crippen LogP contribution < -0.4 is 10.2 Å². The first-order valence-corrected chi connectivity index (χ1v) is 7.79. The predicted molar refractivity (Wildman–Crippen MR) is 90.2 cm³/mol. The van der Waals surface area contributed by atoms with Gasteiger partial charge in [-0.25, -0.2) is 4.39 Å². The van der Waals surface area contributed by atoms with Gasteiger partial charge < -0.3 is 10.2 Å². The summed E-state index contributed by atoms with van der Waals surface area (Å²) in [4.78, 5) is 2.07. The van der Waals surface area contributed by atoms with Crippen molar-refractivity contribution >= 4 is 21.6 Å². The minimum absolute atomic E-state index is 0.198. The van der Waals surface area contributed by atoms with Crippen LogP contribution in [0.1, 0.15) is 18.0 Å². The van der Waals surface area contributed by atoms with Crippen LogP contribution in [0.4, 0.5) is 10.1 Å². The first kappa shape index (κ1) is 16.0. The van der Waals surface area contributed by atoms with Crippen LogP contribution >= 0.6 is 15.9 Å². The van der Waals surface area contributed by atoms with Crippen molar-refractivity contribution in [2.24, 2.45) is 0 Å². The fourth-order valence-electron chi connectivity index (χ4n) is 2.37. The van der Waals surface area contributed by atoms with Crippen LogP contribution in [-0.2, 0) is 0 Å². The molecular weight excluding hydrogens is 331 g/mol. The van der Waals surface area contributed by atoms with Crippen LogP contribution in [-0.4, -0.2) is 20.6 Å². The number of benzene rings is 2. The summed E-state index contributed by atoms with van der Waals surface area (Å²) in [7, 11) is 3.95. The van der Waals surface area contributed by atoms with Gasteiger partial charge in [-0.15, -0.1) is 0 Å². The third-order valence-electron chi connectivity index (χ3n) is 3.60. The second-order valence-electron chi connectivity index (χ2n) is 5.09. The molecule has 2 nitrogen and oxygen atoms in total. The van der Waals surface area contributed by atoms with E-state index in [0.29, 0.717) is 0 Å². The molecule has 0 saturated heterocycles. The van der Waals surface area contributed by atoms with E-state index in [2.05, 4.69) is 38.3 Å². The zero-order valence-electron chi connectivity index (χ0n) is 12.3. The summed E-state index contributed by atoms with van der Waals surface area (Å²) in [6.45, 7) is 0.849. The Bertz CT molecular complexity index is 589.